The van der Waals surface area contributed by atoms with Crippen LogP contribution in [0.1, 0.15) is 25.8 Å². The highest BCUT2D eigenvalue weighted by Crippen LogP contribution is 2.22. The zero-order valence-electron chi connectivity index (χ0n) is 12.7. The lowest BCUT2D eigenvalue weighted by atomic mass is 10.0. The minimum Gasteiger partial charge on any atom is -0.333 e. The summed E-state index contributed by atoms with van der Waals surface area (Å²) in [7, 11) is -3.06. The van der Waals surface area contributed by atoms with E-state index in [1.807, 2.05) is 13.0 Å². The van der Waals surface area contributed by atoms with Crippen molar-refractivity contribution in [3.8, 4) is 0 Å². The largest absolute Gasteiger partial charge is 0.333 e. The van der Waals surface area contributed by atoms with Gasteiger partial charge in [-0.25, -0.2) is 13.2 Å². The Bertz CT molecular complexity index is 627. The van der Waals surface area contributed by atoms with Crippen molar-refractivity contribution in [2.24, 2.45) is 0 Å². The fraction of sp³-hybridized carbons (Fsp3) is 0.500. The number of hydrogen-bond donors (Lipinski definition) is 2. The molecule has 0 aliphatic rings. The average molecular weight is 333 g/mol. The lowest BCUT2D eigenvalue weighted by Gasteiger charge is -2.26. The van der Waals surface area contributed by atoms with E-state index < -0.39 is 21.4 Å². The number of benzene rings is 1. The van der Waals surface area contributed by atoms with Gasteiger partial charge in [-0.2, -0.15) is 0 Å². The summed E-state index contributed by atoms with van der Waals surface area (Å²) in [5.41, 5.74) is 0.864. The second-order valence-corrected chi connectivity index (χ2v) is 8.49. The van der Waals surface area contributed by atoms with Gasteiger partial charge in [-0.3, -0.25) is 0 Å². The maximum absolute atomic E-state index is 12.0. The molecule has 0 spiro atoms. The van der Waals surface area contributed by atoms with E-state index in [-0.39, 0.29) is 5.75 Å². The number of urea groups is 1. The van der Waals surface area contributed by atoms with Gasteiger partial charge in [0, 0.05) is 11.8 Å². The maximum Gasteiger partial charge on any atom is 0.319 e. The minimum atomic E-state index is -3.06. The first-order chi connectivity index (χ1) is 9.48. The molecule has 0 aliphatic carbocycles. The smallest absolute Gasteiger partial charge is 0.319 e. The summed E-state index contributed by atoms with van der Waals surface area (Å²) in [4.78, 5) is 12.0. The predicted molar refractivity (Wildman–Crippen MR) is 86.8 cm³/mol. The number of carbonyl (C=O) groups is 1. The van der Waals surface area contributed by atoms with E-state index in [1.54, 1.807) is 26.0 Å². The van der Waals surface area contributed by atoms with E-state index in [0.29, 0.717) is 17.1 Å². The van der Waals surface area contributed by atoms with E-state index in [1.165, 1.54) is 6.26 Å². The van der Waals surface area contributed by atoms with E-state index in [2.05, 4.69) is 10.6 Å². The number of aryl methyl sites for hydroxylation is 1. The van der Waals surface area contributed by atoms with Gasteiger partial charge in [0.25, 0.3) is 0 Å². The van der Waals surface area contributed by atoms with E-state index in [9.17, 15) is 13.2 Å². The molecule has 1 rings (SSSR count). The molecule has 0 fully saturated rings. The van der Waals surface area contributed by atoms with Crippen LogP contribution in [0.5, 0.6) is 0 Å². The number of nitrogens with one attached hydrogen (secondary N) is 2. The first-order valence-corrected chi connectivity index (χ1v) is 8.95. The van der Waals surface area contributed by atoms with Crippen LogP contribution in [-0.4, -0.2) is 32.0 Å². The molecule has 5 nitrogen and oxygen atoms in total. The molecule has 0 heterocycles. The zero-order chi connectivity index (χ0) is 16.3. The Balaban J connectivity index is 2.66. The number of rotatable bonds is 5. The van der Waals surface area contributed by atoms with Crippen molar-refractivity contribution in [1.82, 2.24) is 5.32 Å². The van der Waals surface area contributed by atoms with Crippen LogP contribution in [0.15, 0.2) is 18.2 Å². The lowest BCUT2D eigenvalue weighted by molar-refractivity contribution is 0.240. The van der Waals surface area contributed by atoms with Gasteiger partial charge in [0.05, 0.1) is 16.5 Å². The van der Waals surface area contributed by atoms with Crippen molar-refractivity contribution in [3.63, 3.8) is 0 Å². The first-order valence-electron chi connectivity index (χ1n) is 6.51. The number of anilines is 1. The lowest BCUT2D eigenvalue weighted by Crippen LogP contribution is -2.46. The fourth-order valence-corrected chi connectivity index (χ4v) is 2.74. The Labute approximate surface area is 131 Å². The molecule has 0 atom stereocenters. The third-order valence-electron chi connectivity index (χ3n) is 2.92. The summed E-state index contributed by atoms with van der Waals surface area (Å²) in [6.07, 6.45) is 1.51. The van der Waals surface area contributed by atoms with Gasteiger partial charge >= 0.3 is 6.03 Å². The van der Waals surface area contributed by atoms with Crippen LogP contribution >= 0.6 is 11.6 Å². The standard InChI is InChI=1S/C14H21ClN2O3S/c1-10-5-6-11(15)12(9-10)16-13(18)17-14(2,3)7-8-21(4,19)20/h5-6,9H,7-8H2,1-4H3,(H2,16,17,18). The fourth-order valence-electron chi connectivity index (χ4n) is 1.70. The Morgan fingerprint density at radius 3 is 2.52 bits per heavy atom. The van der Waals surface area contributed by atoms with Crippen molar-refractivity contribution in [2.45, 2.75) is 32.7 Å². The number of amides is 2. The molecule has 0 saturated heterocycles. The molecule has 0 aliphatic heterocycles. The summed E-state index contributed by atoms with van der Waals surface area (Å²) in [5, 5.41) is 5.87. The molecule has 118 valence electrons. The van der Waals surface area contributed by atoms with Gasteiger partial charge < -0.3 is 10.6 Å². The van der Waals surface area contributed by atoms with Crippen LogP contribution in [0.4, 0.5) is 10.5 Å². The second-order valence-electron chi connectivity index (χ2n) is 5.83. The van der Waals surface area contributed by atoms with Gasteiger partial charge in [-0.15, -0.1) is 0 Å². The van der Waals surface area contributed by atoms with Gasteiger partial charge in [-0.05, 0) is 44.9 Å². The first kappa shape index (κ1) is 17.8. The SMILES string of the molecule is Cc1ccc(Cl)c(NC(=O)NC(C)(C)CCS(C)(=O)=O)c1. The van der Waals surface area contributed by atoms with Crippen LogP contribution in [0.3, 0.4) is 0 Å². The molecule has 1 aromatic carbocycles. The summed E-state index contributed by atoms with van der Waals surface area (Å²) < 4.78 is 22.4. The van der Waals surface area contributed by atoms with Crippen molar-refractivity contribution >= 4 is 33.2 Å². The maximum atomic E-state index is 12.0. The third-order valence-corrected chi connectivity index (χ3v) is 4.20. The van der Waals surface area contributed by atoms with Crippen LogP contribution in [0.2, 0.25) is 5.02 Å². The van der Waals surface area contributed by atoms with E-state index in [0.717, 1.165) is 5.56 Å². The topological polar surface area (TPSA) is 75.3 Å². The van der Waals surface area contributed by atoms with Crippen molar-refractivity contribution < 1.29 is 13.2 Å². The Morgan fingerprint density at radius 1 is 1.33 bits per heavy atom. The normalized spacial score (nSPS) is 12.0. The molecule has 2 amide bonds. The molecule has 0 unspecified atom stereocenters. The molecule has 2 N–H and O–H groups in total. The quantitative estimate of drug-likeness (QED) is 0.870. The molecule has 0 saturated carbocycles. The van der Waals surface area contributed by atoms with E-state index >= 15 is 0 Å². The Morgan fingerprint density at radius 2 is 1.95 bits per heavy atom. The number of hydrogen-bond acceptors (Lipinski definition) is 3. The summed E-state index contributed by atoms with van der Waals surface area (Å²) in [5.74, 6) is 0.0193. The highest BCUT2D eigenvalue weighted by atomic mass is 35.5. The van der Waals surface area contributed by atoms with Gasteiger partial charge in [0.2, 0.25) is 0 Å². The zero-order valence-corrected chi connectivity index (χ0v) is 14.2. The monoisotopic (exact) mass is 332 g/mol. The second kappa shape index (κ2) is 6.66. The van der Waals surface area contributed by atoms with Crippen molar-refractivity contribution in [3.05, 3.63) is 28.8 Å². The van der Waals surface area contributed by atoms with Crippen molar-refractivity contribution in [1.29, 1.82) is 0 Å². The third kappa shape index (κ3) is 6.82. The molecule has 0 bridgehead atoms. The number of sulfone groups is 1. The van der Waals surface area contributed by atoms with Crippen LogP contribution in [-0.2, 0) is 9.84 Å². The Hall–Kier alpha value is -1.27. The summed E-state index contributed by atoms with van der Waals surface area (Å²) >= 11 is 6.01. The summed E-state index contributed by atoms with van der Waals surface area (Å²) in [6.45, 7) is 5.45. The van der Waals surface area contributed by atoms with Crippen LogP contribution in [0.25, 0.3) is 0 Å². The Kier molecular flexibility index (Phi) is 5.64. The number of carbonyl (C=O) groups excluding carboxylic acids is 1. The van der Waals surface area contributed by atoms with Crippen LogP contribution < -0.4 is 10.6 Å². The van der Waals surface area contributed by atoms with Gasteiger partial charge in [-0.1, -0.05) is 17.7 Å². The number of halogens is 1. The van der Waals surface area contributed by atoms with Gasteiger partial charge in [0.1, 0.15) is 9.84 Å². The molecule has 7 heteroatoms. The van der Waals surface area contributed by atoms with Crippen molar-refractivity contribution in [2.75, 3.05) is 17.3 Å². The molecule has 1 aromatic rings. The highest BCUT2D eigenvalue weighted by molar-refractivity contribution is 7.90. The predicted octanol–water partition coefficient (Wildman–Crippen LogP) is 2.98. The van der Waals surface area contributed by atoms with Gasteiger partial charge in [0.15, 0.2) is 0 Å². The average Bonchev–Trinajstić information content (AvgIpc) is 2.30. The molecular formula is C14H21ClN2O3S. The van der Waals surface area contributed by atoms with E-state index in [4.69, 9.17) is 11.6 Å². The molecular weight excluding hydrogens is 312 g/mol. The molecule has 21 heavy (non-hydrogen) atoms. The molecule has 0 radical (unpaired) electrons. The summed E-state index contributed by atoms with van der Waals surface area (Å²) in [6, 6.07) is 4.91. The van der Waals surface area contributed by atoms with Crippen LogP contribution in [0, 0.1) is 6.92 Å². The highest BCUT2D eigenvalue weighted by Gasteiger charge is 2.22. The minimum absolute atomic E-state index is 0.0193. The molecule has 0 aromatic heterocycles.